The fourth-order valence-corrected chi connectivity index (χ4v) is 3.08. The minimum atomic E-state index is -1.59. The Morgan fingerprint density at radius 2 is 1.87 bits per heavy atom. The van der Waals surface area contributed by atoms with Gasteiger partial charge in [-0.15, -0.1) is 0 Å². The van der Waals surface area contributed by atoms with E-state index < -0.39 is 29.4 Å². The summed E-state index contributed by atoms with van der Waals surface area (Å²) in [6, 6.07) is 1.47. The van der Waals surface area contributed by atoms with Crippen molar-refractivity contribution in [2.45, 2.75) is 52.1 Å². The molecule has 6 heteroatoms. The van der Waals surface area contributed by atoms with Gasteiger partial charge in [0.15, 0.2) is 17.5 Å². The van der Waals surface area contributed by atoms with Crippen molar-refractivity contribution in [2.24, 2.45) is 11.8 Å². The molecule has 1 aliphatic carbocycles. The van der Waals surface area contributed by atoms with Gasteiger partial charge in [-0.1, -0.05) is 26.7 Å². The summed E-state index contributed by atoms with van der Waals surface area (Å²) in [5.74, 6) is -3.69. The van der Waals surface area contributed by atoms with Gasteiger partial charge in [-0.25, -0.2) is 13.2 Å². The highest BCUT2D eigenvalue weighted by molar-refractivity contribution is 5.94. The molecule has 0 spiro atoms. The Bertz CT molecular complexity index is 579. The van der Waals surface area contributed by atoms with Gasteiger partial charge >= 0.3 is 0 Å². The standard InChI is InChI=1S/C17H23F3N2O/c1-9-5-4-6-13(10(9)2)21-11(3)17(23)22-14-8-7-12(18)15(19)16(14)20/h7-11,13,21H,4-6H2,1-3H3,(H,22,23)/t9-,10+,11-,13-/m0/s1. The first kappa shape index (κ1) is 17.8. The SMILES string of the molecule is C[C@H]1[C@@H](N[C@@H](C)C(=O)Nc2ccc(F)c(F)c2F)CCC[C@@H]1C. The number of nitrogens with one attached hydrogen (secondary N) is 2. The van der Waals surface area contributed by atoms with E-state index in [1.54, 1.807) is 6.92 Å². The number of carbonyl (C=O) groups excluding carboxylic acids is 1. The van der Waals surface area contributed by atoms with Crippen molar-refractivity contribution >= 4 is 11.6 Å². The molecule has 1 aromatic carbocycles. The molecule has 1 amide bonds. The second-order valence-electron chi connectivity index (χ2n) is 6.47. The lowest BCUT2D eigenvalue weighted by Gasteiger charge is -2.36. The van der Waals surface area contributed by atoms with Crippen LogP contribution in [-0.4, -0.2) is 18.0 Å². The van der Waals surface area contributed by atoms with Crippen molar-refractivity contribution in [1.82, 2.24) is 5.32 Å². The summed E-state index contributed by atoms with van der Waals surface area (Å²) >= 11 is 0. The summed E-state index contributed by atoms with van der Waals surface area (Å²) in [5, 5.41) is 5.57. The van der Waals surface area contributed by atoms with Gasteiger partial charge in [0.2, 0.25) is 5.91 Å². The number of rotatable bonds is 4. The second kappa shape index (κ2) is 7.34. The molecule has 3 nitrogen and oxygen atoms in total. The molecular formula is C17H23F3N2O. The fourth-order valence-electron chi connectivity index (χ4n) is 3.08. The molecule has 2 rings (SSSR count). The largest absolute Gasteiger partial charge is 0.322 e. The smallest absolute Gasteiger partial charge is 0.241 e. The molecule has 23 heavy (non-hydrogen) atoms. The lowest BCUT2D eigenvalue weighted by Crippen LogP contribution is -2.49. The van der Waals surface area contributed by atoms with Gasteiger partial charge < -0.3 is 10.6 Å². The molecule has 0 saturated heterocycles. The van der Waals surface area contributed by atoms with Crippen LogP contribution in [0, 0.1) is 29.3 Å². The summed E-state index contributed by atoms with van der Waals surface area (Å²) < 4.78 is 39.7. The molecule has 0 radical (unpaired) electrons. The highest BCUT2D eigenvalue weighted by Gasteiger charge is 2.29. The molecule has 1 aromatic rings. The number of carbonyl (C=O) groups is 1. The quantitative estimate of drug-likeness (QED) is 0.825. The minimum Gasteiger partial charge on any atom is -0.322 e. The summed E-state index contributed by atoms with van der Waals surface area (Å²) in [6.45, 7) is 6.03. The van der Waals surface area contributed by atoms with Crippen LogP contribution in [0.4, 0.5) is 18.9 Å². The number of hydrogen-bond donors (Lipinski definition) is 2. The first-order valence-corrected chi connectivity index (χ1v) is 8.01. The molecule has 0 unspecified atom stereocenters. The van der Waals surface area contributed by atoms with Crippen LogP contribution in [0.5, 0.6) is 0 Å². The molecular weight excluding hydrogens is 305 g/mol. The average Bonchev–Trinajstić information content (AvgIpc) is 2.52. The van der Waals surface area contributed by atoms with Gasteiger partial charge in [-0.2, -0.15) is 0 Å². The molecule has 0 bridgehead atoms. The number of amides is 1. The van der Waals surface area contributed by atoms with Crippen molar-refractivity contribution in [2.75, 3.05) is 5.32 Å². The summed E-state index contributed by atoms with van der Waals surface area (Å²) in [7, 11) is 0. The monoisotopic (exact) mass is 328 g/mol. The van der Waals surface area contributed by atoms with Crippen LogP contribution >= 0.6 is 0 Å². The maximum atomic E-state index is 13.6. The summed E-state index contributed by atoms with van der Waals surface area (Å²) in [4.78, 5) is 12.2. The van der Waals surface area contributed by atoms with E-state index in [2.05, 4.69) is 24.5 Å². The van der Waals surface area contributed by atoms with Gasteiger partial charge in [-0.05, 0) is 37.3 Å². The first-order valence-electron chi connectivity index (χ1n) is 8.01. The normalized spacial score (nSPS) is 25.9. The molecule has 1 aliphatic rings. The Morgan fingerprint density at radius 3 is 2.57 bits per heavy atom. The van der Waals surface area contributed by atoms with Crippen LogP contribution in [0.3, 0.4) is 0 Å². The highest BCUT2D eigenvalue weighted by atomic mass is 19.2. The van der Waals surface area contributed by atoms with Gasteiger partial charge in [-0.3, -0.25) is 4.79 Å². The topological polar surface area (TPSA) is 41.1 Å². The molecule has 0 aromatic heterocycles. The van der Waals surface area contributed by atoms with Crippen LogP contribution in [0.1, 0.15) is 40.0 Å². The molecule has 4 atom stereocenters. The lowest BCUT2D eigenvalue weighted by atomic mass is 9.78. The molecule has 1 fully saturated rings. The molecule has 1 saturated carbocycles. The number of benzene rings is 1. The number of hydrogen-bond acceptors (Lipinski definition) is 2. The zero-order valence-corrected chi connectivity index (χ0v) is 13.6. The predicted octanol–water partition coefficient (Wildman–Crippen LogP) is 3.85. The highest BCUT2D eigenvalue weighted by Crippen LogP contribution is 2.29. The van der Waals surface area contributed by atoms with Crippen molar-refractivity contribution in [3.05, 3.63) is 29.6 Å². The van der Waals surface area contributed by atoms with E-state index in [0.717, 1.165) is 25.0 Å². The lowest BCUT2D eigenvalue weighted by molar-refractivity contribution is -0.118. The number of anilines is 1. The van der Waals surface area contributed by atoms with Gasteiger partial charge in [0.05, 0.1) is 11.7 Å². The van der Waals surface area contributed by atoms with E-state index in [4.69, 9.17) is 0 Å². The Kier molecular flexibility index (Phi) is 5.68. The van der Waals surface area contributed by atoms with Crippen molar-refractivity contribution in [3.8, 4) is 0 Å². The zero-order valence-electron chi connectivity index (χ0n) is 13.6. The maximum Gasteiger partial charge on any atom is 0.241 e. The van der Waals surface area contributed by atoms with E-state index >= 15 is 0 Å². The Labute approximate surface area is 134 Å². The van der Waals surface area contributed by atoms with Crippen LogP contribution in [0.15, 0.2) is 12.1 Å². The third-order valence-electron chi connectivity index (χ3n) is 4.86. The summed E-state index contributed by atoms with van der Waals surface area (Å²) in [6.07, 6.45) is 3.28. The Hall–Kier alpha value is -1.56. The molecule has 2 N–H and O–H groups in total. The van der Waals surface area contributed by atoms with Crippen molar-refractivity contribution in [1.29, 1.82) is 0 Å². The van der Waals surface area contributed by atoms with Crippen LogP contribution in [0.2, 0.25) is 0 Å². The van der Waals surface area contributed by atoms with Gasteiger partial charge in [0.1, 0.15) is 0 Å². The third-order valence-corrected chi connectivity index (χ3v) is 4.86. The second-order valence-corrected chi connectivity index (χ2v) is 6.47. The van der Waals surface area contributed by atoms with E-state index in [1.807, 2.05) is 0 Å². The van der Waals surface area contributed by atoms with E-state index in [9.17, 15) is 18.0 Å². The van der Waals surface area contributed by atoms with Crippen LogP contribution in [-0.2, 0) is 4.79 Å². The van der Waals surface area contributed by atoms with E-state index in [0.29, 0.717) is 11.8 Å². The Morgan fingerprint density at radius 1 is 1.17 bits per heavy atom. The fraction of sp³-hybridized carbons (Fsp3) is 0.588. The molecule has 128 valence electrons. The van der Waals surface area contributed by atoms with E-state index in [1.165, 1.54) is 6.42 Å². The molecule has 0 heterocycles. The number of halogens is 3. The first-order chi connectivity index (χ1) is 10.8. The zero-order chi connectivity index (χ0) is 17.1. The average molecular weight is 328 g/mol. The maximum absolute atomic E-state index is 13.6. The van der Waals surface area contributed by atoms with Crippen LogP contribution < -0.4 is 10.6 Å². The van der Waals surface area contributed by atoms with Gasteiger partial charge in [0.25, 0.3) is 0 Å². The molecule has 0 aliphatic heterocycles. The third kappa shape index (κ3) is 4.05. The van der Waals surface area contributed by atoms with Crippen molar-refractivity contribution in [3.63, 3.8) is 0 Å². The Balaban J connectivity index is 1.99. The predicted molar refractivity (Wildman–Crippen MR) is 83.5 cm³/mol. The minimum absolute atomic E-state index is 0.217. The van der Waals surface area contributed by atoms with Gasteiger partial charge in [0, 0.05) is 6.04 Å². The van der Waals surface area contributed by atoms with Crippen molar-refractivity contribution < 1.29 is 18.0 Å². The summed E-state index contributed by atoms with van der Waals surface area (Å²) in [5.41, 5.74) is -0.354. The van der Waals surface area contributed by atoms with E-state index in [-0.39, 0.29) is 11.7 Å². The van der Waals surface area contributed by atoms with Crippen LogP contribution in [0.25, 0.3) is 0 Å².